The summed E-state index contributed by atoms with van der Waals surface area (Å²) in [7, 11) is -0.823. The maximum absolute atomic E-state index is 6.28. The van der Waals surface area contributed by atoms with E-state index in [0.717, 1.165) is 11.5 Å². The topological polar surface area (TPSA) is 21.6 Å². The molecule has 1 aliphatic rings. The Morgan fingerprint density at radius 2 is 1.24 bits per heavy atom. The van der Waals surface area contributed by atoms with Crippen LogP contribution in [0.4, 0.5) is 0 Å². The number of aliphatic imine (C=N–C) groups is 1. The Hall–Kier alpha value is -4.26. The van der Waals surface area contributed by atoms with Crippen LogP contribution in [0.5, 0.6) is 0 Å². The van der Waals surface area contributed by atoms with Crippen molar-refractivity contribution < 1.29 is 4.74 Å². The molecule has 0 aliphatic carbocycles. The van der Waals surface area contributed by atoms with E-state index < -0.39 is 7.92 Å². The first-order valence-corrected chi connectivity index (χ1v) is 16.0. The van der Waals surface area contributed by atoms with Gasteiger partial charge in [0.15, 0.2) is 0 Å². The maximum Gasteiger partial charge on any atom is 0.216 e. The normalized spacial score (nSPS) is 15.2. The fourth-order valence-corrected chi connectivity index (χ4v) is 8.41. The van der Waals surface area contributed by atoms with E-state index >= 15 is 0 Å². The molecule has 0 spiro atoms. The van der Waals surface area contributed by atoms with Crippen LogP contribution in [0.15, 0.2) is 138 Å². The molecule has 1 aliphatic heterocycles. The second-order valence-corrected chi connectivity index (χ2v) is 14.2. The predicted octanol–water partition coefficient (Wildman–Crippen LogP) is 8.61. The van der Waals surface area contributed by atoms with E-state index in [9.17, 15) is 0 Å². The highest BCUT2D eigenvalue weighted by atomic mass is 31.1. The Morgan fingerprint density at radius 1 is 0.643 bits per heavy atom. The van der Waals surface area contributed by atoms with Gasteiger partial charge >= 0.3 is 0 Å². The van der Waals surface area contributed by atoms with Gasteiger partial charge in [-0.05, 0) is 74.1 Å². The highest BCUT2D eigenvalue weighted by Gasteiger charge is 2.31. The Labute approximate surface area is 249 Å². The van der Waals surface area contributed by atoms with Crippen LogP contribution >= 0.6 is 7.92 Å². The first kappa shape index (κ1) is 26.6. The van der Waals surface area contributed by atoms with Gasteiger partial charge in [-0.15, -0.1) is 0 Å². The van der Waals surface area contributed by atoms with Crippen LogP contribution < -0.4 is 15.9 Å². The van der Waals surface area contributed by atoms with Gasteiger partial charge in [-0.1, -0.05) is 142 Å². The van der Waals surface area contributed by atoms with Crippen molar-refractivity contribution in [2.75, 3.05) is 6.61 Å². The van der Waals surface area contributed by atoms with Crippen LogP contribution in [0.2, 0.25) is 0 Å². The highest BCUT2D eigenvalue weighted by Crippen LogP contribution is 2.42. The third-order valence-electron chi connectivity index (χ3n) is 8.21. The van der Waals surface area contributed by atoms with Gasteiger partial charge in [-0.3, -0.25) is 0 Å². The van der Waals surface area contributed by atoms with Crippen LogP contribution in [0.3, 0.4) is 0 Å². The molecule has 2 nitrogen and oxygen atoms in total. The molecular weight excluding hydrogens is 529 g/mol. The standard InChI is InChI=1S/C39H34NOP/c1-39(2,3)36-26-41-38(40-36)29-24-28-15-11-12-20-32(28)34(25-29)37-33-21-13-10-14-27(33)22-23-35(37)42(30-16-6-4-7-17-30)31-18-8-5-9-19-31/h4-25,36H,26H2,1-3H3/t36-/m1/s1. The molecule has 0 aromatic heterocycles. The van der Waals surface area contributed by atoms with Gasteiger partial charge in [0.2, 0.25) is 5.90 Å². The summed E-state index contributed by atoms with van der Waals surface area (Å²) in [5, 5.41) is 8.96. The summed E-state index contributed by atoms with van der Waals surface area (Å²) in [5.41, 5.74) is 3.60. The van der Waals surface area contributed by atoms with E-state index in [1.807, 2.05) is 0 Å². The number of ether oxygens (including phenoxy) is 1. The largest absolute Gasteiger partial charge is 0.475 e. The van der Waals surface area contributed by atoms with Gasteiger partial charge in [0.05, 0.1) is 6.04 Å². The third kappa shape index (κ3) is 4.91. The van der Waals surface area contributed by atoms with Gasteiger partial charge in [-0.2, -0.15) is 0 Å². The zero-order valence-electron chi connectivity index (χ0n) is 24.3. The quantitative estimate of drug-likeness (QED) is 0.193. The van der Waals surface area contributed by atoms with Gasteiger partial charge in [-0.25, -0.2) is 4.99 Å². The van der Waals surface area contributed by atoms with E-state index in [0.29, 0.717) is 6.61 Å². The van der Waals surface area contributed by atoms with Crippen LogP contribution in [0, 0.1) is 5.41 Å². The number of hydrogen-bond acceptors (Lipinski definition) is 2. The van der Waals surface area contributed by atoms with Crippen LogP contribution in [-0.2, 0) is 4.74 Å². The summed E-state index contributed by atoms with van der Waals surface area (Å²) in [6, 6.07) is 48.8. The van der Waals surface area contributed by atoms with Crippen molar-refractivity contribution in [1.82, 2.24) is 0 Å². The summed E-state index contributed by atoms with van der Waals surface area (Å²) in [4.78, 5) is 5.08. The number of hydrogen-bond donors (Lipinski definition) is 0. The van der Waals surface area contributed by atoms with E-state index in [1.54, 1.807) is 0 Å². The molecule has 3 heteroatoms. The lowest BCUT2D eigenvalue weighted by Gasteiger charge is -2.25. The van der Waals surface area contributed by atoms with E-state index in [1.165, 1.54) is 48.6 Å². The zero-order chi connectivity index (χ0) is 28.7. The molecule has 0 fully saturated rings. The average Bonchev–Trinajstić information content (AvgIpc) is 3.53. The fraction of sp³-hybridized carbons (Fsp3) is 0.154. The molecule has 1 atom stereocenters. The molecule has 6 aromatic rings. The predicted molar refractivity (Wildman–Crippen MR) is 181 cm³/mol. The molecule has 0 saturated heterocycles. The van der Waals surface area contributed by atoms with Crippen molar-refractivity contribution in [2.24, 2.45) is 10.4 Å². The lowest BCUT2D eigenvalue weighted by atomic mass is 9.88. The zero-order valence-corrected chi connectivity index (χ0v) is 25.2. The van der Waals surface area contributed by atoms with Gasteiger partial charge < -0.3 is 4.74 Å². The van der Waals surface area contributed by atoms with E-state index in [2.05, 4.69) is 154 Å². The molecule has 42 heavy (non-hydrogen) atoms. The first-order valence-electron chi connectivity index (χ1n) is 14.6. The monoisotopic (exact) mass is 563 g/mol. The van der Waals surface area contributed by atoms with Crippen molar-refractivity contribution in [3.05, 3.63) is 139 Å². The number of fused-ring (bicyclic) bond motifs is 2. The number of nitrogens with zero attached hydrogens (tertiary/aromatic N) is 1. The van der Waals surface area contributed by atoms with Crippen molar-refractivity contribution >= 4 is 51.3 Å². The summed E-state index contributed by atoms with van der Waals surface area (Å²) >= 11 is 0. The summed E-state index contributed by atoms with van der Waals surface area (Å²) in [6.07, 6.45) is 0. The molecule has 1 heterocycles. The Balaban J connectivity index is 1.54. The molecule has 0 unspecified atom stereocenters. The fourth-order valence-electron chi connectivity index (χ4n) is 5.93. The van der Waals surface area contributed by atoms with Gasteiger partial charge in [0.25, 0.3) is 0 Å². The molecule has 0 bridgehead atoms. The van der Waals surface area contributed by atoms with Crippen molar-refractivity contribution in [3.63, 3.8) is 0 Å². The molecule has 0 radical (unpaired) electrons. The smallest absolute Gasteiger partial charge is 0.216 e. The van der Waals surface area contributed by atoms with Crippen molar-refractivity contribution in [1.29, 1.82) is 0 Å². The van der Waals surface area contributed by atoms with Crippen molar-refractivity contribution in [2.45, 2.75) is 26.8 Å². The minimum atomic E-state index is -0.823. The lowest BCUT2D eigenvalue weighted by Crippen LogP contribution is -2.25. The molecule has 206 valence electrons. The van der Waals surface area contributed by atoms with Crippen LogP contribution in [0.1, 0.15) is 26.3 Å². The van der Waals surface area contributed by atoms with Crippen LogP contribution in [0.25, 0.3) is 32.7 Å². The molecule has 7 rings (SSSR count). The molecule has 0 saturated carbocycles. The Bertz CT molecular complexity index is 1880. The molecule has 0 amide bonds. The highest BCUT2D eigenvalue weighted by molar-refractivity contribution is 7.80. The van der Waals surface area contributed by atoms with E-state index in [4.69, 9.17) is 9.73 Å². The van der Waals surface area contributed by atoms with Gasteiger partial charge in [0, 0.05) is 5.56 Å². The Morgan fingerprint density at radius 3 is 1.88 bits per heavy atom. The minimum absolute atomic E-state index is 0.0471. The number of rotatable bonds is 5. The van der Waals surface area contributed by atoms with Crippen LogP contribution in [-0.4, -0.2) is 18.5 Å². The third-order valence-corrected chi connectivity index (χ3v) is 10.7. The van der Waals surface area contributed by atoms with Gasteiger partial charge in [0.1, 0.15) is 6.61 Å². The summed E-state index contributed by atoms with van der Waals surface area (Å²) < 4.78 is 6.28. The minimum Gasteiger partial charge on any atom is -0.475 e. The first-order chi connectivity index (χ1) is 20.5. The molecular formula is C39H34NOP. The lowest BCUT2D eigenvalue weighted by molar-refractivity contribution is 0.236. The summed E-state index contributed by atoms with van der Waals surface area (Å²) in [5.74, 6) is 0.747. The SMILES string of the molecule is CC(C)(C)[C@H]1COC(c2cc(-c3c(P(c4ccccc4)c4ccccc4)ccc4ccccc34)c3ccccc3c2)=N1. The second-order valence-electron chi connectivity index (χ2n) is 12.1. The molecule has 6 aromatic carbocycles. The average molecular weight is 564 g/mol. The van der Waals surface area contributed by atoms with Crippen molar-refractivity contribution in [3.8, 4) is 11.1 Å². The molecule has 0 N–H and O–H groups in total. The maximum atomic E-state index is 6.28. The summed E-state index contributed by atoms with van der Waals surface area (Å²) in [6.45, 7) is 7.32. The second kappa shape index (κ2) is 10.9. The number of benzene rings is 6. The Kier molecular flexibility index (Phi) is 6.88. The van der Waals surface area contributed by atoms with E-state index in [-0.39, 0.29) is 11.5 Å².